The number of nitrogens with zero attached hydrogens (tertiary/aromatic N) is 1. The Labute approximate surface area is 130 Å². The van der Waals surface area contributed by atoms with E-state index in [1.807, 2.05) is 0 Å². The third-order valence-electron chi connectivity index (χ3n) is 3.09. The standard InChI is InChI=1S/C14H17ClN2O3S/c15-13-6-7-14(12(11-13)5-1-4-10-18)16-21(19,20)17-8-2-3-9-17/h6-7,11,16,18H,2-4,8-10H2. The van der Waals surface area contributed by atoms with E-state index in [1.165, 1.54) is 4.31 Å². The van der Waals surface area contributed by atoms with Crippen LogP contribution in [-0.4, -0.2) is 37.5 Å². The zero-order valence-corrected chi connectivity index (χ0v) is 13.0. The van der Waals surface area contributed by atoms with Crippen LogP contribution < -0.4 is 4.72 Å². The number of rotatable bonds is 4. The van der Waals surface area contributed by atoms with Crippen molar-refractivity contribution in [3.05, 3.63) is 28.8 Å². The van der Waals surface area contributed by atoms with Gasteiger partial charge in [-0.05, 0) is 31.0 Å². The second kappa shape index (κ2) is 7.14. The molecule has 0 unspecified atom stereocenters. The maximum atomic E-state index is 12.3. The van der Waals surface area contributed by atoms with Crippen molar-refractivity contribution >= 4 is 27.5 Å². The van der Waals surface area contributed by atoms with E-state index in [9.17, 15) is 8.42 Å². The summed E-state index contributed by atoms with van der Waals surface area (Å²) in [5, 5.41) is 9.23. The smallest absolute Gasteiger partial charge is 0.301 e. The molecule has 1 aromatic rings. The van der Waals surface area contributed by atoms with Gasteiger partial charge in [0.1, 0.15) is 0 Å². The van der Waals surface area contributed by atoms with Gasteiger partial charge in [-0.2, -0.15) is 12.7 Å². The van der Waals surface area contributed by atoms with Crippen molar-refractivity contribution in [2.24, 2.45) is 0 Å². The zero-order valence-electron chi connectivity index (χ0n) is 11.5. The predicted octanol–water partition coefficient (Wildman–Crippen LogP) is 1.83. The van der Waals surface area contributed by atoms with Gasteiger partial charge in [0, 0.05) is 24.5 Å². The SMILES string of the molecule is O=S(=O)(Nc1ccc(Cl)cc1C#CCCO)N1CCCC1. The van der Waals surface area contributed by atoms with Crippen LogP contribution in [0.1, 0.15) is 24.8 Å². The number of nitrogens with one attached hydrogen (secondary N) is 1. The monoisotopic (exact) mass is 328 g/mol. The molecule has 0 atom stereocenters. The molecular weight excluding hydrogens is 312 g/mol. The lowest BCUT2D eigenvalue weighted by Crippen LogP contribution is -2.33. The molecule has 1 fully saturated rings. The van der Waals surface area contributed by atoms with Gasteiger partial charge in [-0.25, -0.2) is 0 Å². The van der Waals surface area contributed by atoms with Crippen LogP contribution >= 0.6 is 11.6 Å². The van der Waals surface area contributed by atoms with Crippen molar-refractivity contribution in [3.63, 3.8) is 0 Å². The molecule has 1 aromatic carbocycles. The summed E-state index contributed by atoms with van der Waals surface area (Å²) in [6.07, 6.45) is 2.08. The molecule has 5 nitrogen and oxygen atoms in total. The van der Waals surface area contributed by atoms with Crippen LogP contribution in [0.3, 0.4) is 0 Å². The molecule has 0 saturated carbocycles. The van der Waals surface area contributed by atoms with Crippen molar-refractivity contribution in [1.29, 1.82) is 0 Å². The van der Waals surface area contributed by atoms with Crippen LogP contribution in [0.5, 0.6) is 0 Å². The summed E-state index contributed by atoms with van der Waals surface area (Å²) in [4.78, 5) is 0. The number of halogens is 1. The quantitative estimate of drug-likeness (QED) is 0.828. The molecule has 0 spiro atoms. The first kappa shape index (κ1) is 16.1. The second-order valence-corrected chi connectivity index (χ2v) is 6.79. The Morgan fingerprint density at radius 1 is 1.33 bits per heavy atom. The van der Waals surface area contributed by atoms with E-state index in [1.54, 1.807) is 18.2 Å². The lowest BCUT2D eigenvalue weighted by molar-refractivity contribution is 0.305. The van der Waals surface area contributed by atoms with Gasteiger partial charge >= 0.3 is 10.2 Å². The minimum absolute atomic E-state index is 0.0393. The number of anilines is 1. The minimum atomic E-state index is -3.56. The minimum Gasteiger partial charge on any atom is -0.395 e. The molecular formula is C14H17ClN2O3S. The number of aliphatic hydroxyl groups is 1. The average molecular weight is 329 g/mol. The molecule has 1 heterocycles. The van der Waals surface area contributed by atoms with Crippen LogP contribution in [0.25, 0.3) is 0 Å². The maximum absolute atomic E-state index is 12.3. The molecule has 1 aliphatic rings. The topological polar surface area (TPSA) is 69.6 Å². The molecule has 0 aliphatic carbocycles. The second-order valence-electron chi connectivity index (χ2n) is 4.68. The number of benzene rings is 1. The van der Waals surface area contributed by atoms with Crippen molar-refractivity contribution < 1.29 is 13.5 Å². The Morgan fingerprint density at radius 3 is 2.71 bits per heavy atom. The summed E-state index contributed by atoms with van der Waals surface area (Å²) >= 11 is 5.92. The summed E-state index contributed by atoms with van der Waals surface area (Å²) in [5.41, 5.74) is 0.899. The molecule has 1 saturated heterocycles. The van der Waals surface area contributed by atoms with E-state index < -0.39 is 10.2 Å². The van der Waals surface area contributed by atoms with E-state index in [2.05, 4.69) is 16.6 Å². The highest BCUT2D eigenvalue weighted by Gasteiger charge is 2.25. The fraction of sp³-hybridized carbons (Fsp3) is 0.429. The van der Waals surface area contributed by atoms with Crippen molar-refractivity contribution in [2.75, 3.05) is 24.4 Å². The number of hydrogen-bond donors (Lipinski definition) is 2. The Balaban J connectivity index is 2.25. The molecule has 21 heavy (non-hydrogen) atoms. The Kier molecular flexibility index (Phi) is 5.48. The first-order chi connectivity index (χ1) is 10.0. The highest BCUT2D eigenvalue weighted by atomic mass is 35.5. The van der Waals surface area contributed by atoms with E-state index in [4.69, 9.17) is 16.7 Å². The molecule has 1 aliphatic heterocycles. The fourth-order valence-corrected chi connectivity index (χ4v) is 3.55. The summed E-state index contributed by atoms with van der Waals surface area (Å²) < 4.78 is 28.5. The number of hydrogen-bond acceptors (Lipinski definition) is 3. The summed E-state index contributed by atoms with van der Waals surface area (Å²) in [7, 11) is -3.56. The average Bonchev–Trinajstić information content (AvgIpc) is 2.97. The number of aliphatic hydroxyl groups excluding tert-OH is 1. The van der Waals surface area contributed by atoms with Crippen LogP contribution in [0.2, 0.25) is 5.02 Å². The van der Waals surface area contributed by atoms with Gasteiger partial charge in [-0.15, -0.1) is 0 Å². The largest absolute Gasteiger partial charge is 0.395 e. The van der Waals surface area contributed by atoms with Crippen LogP contribution in [0.4, 0.5) is 5.69 Å². The van der Waals surface area contributed by atoms with Gasteiger partial charge in [0.05, 0.1) is 17.9 Å². The Morgan fingerprint density at radius 2 is 2.05 bits per heavy atom. The van der Waals surface area contributed by atoms with Gasteiger partial charge in [-0.3, -0.25) is 4.72 Å². The molecule has 114 valence electrons. The highest BCUT2D eigenvalue weighted by Crippen LogP contribution is 2.23. The van der Waals surface area contributed by atoms with E-state index in [0.29, 0.717) is 35.8 Å². The predicted molar refractivity (Wildman–Crippen MR) is 83.4 cm³/mol. The summed E-state index contributed by atoms with van der Waals surface area (Å²) in [5.74, 6) is 5.60. The van der Waals surface area contributed by atoms with E-state index >= 15 is 0 Å². The highest BCUT2D eigenvalue weighted by molar-refractivity contribution is 7.90. The van der Waals surface area contributed by atoms with Gasteiger partial charge in [0.15, 0.2) is 0 Å². The summed E-state index contributed by atoms with van der Waals surface area (Å²) in [6.45, 7) is 1.03. The van der Waals surface area contributed by atoms with E-state index in [-0.39, 0.29) is 6.61 Å². The molecule has 2 N–H and O–H groups in total. The zero-order chi connectivity index (χ0) is 15.3. The molecule has 2 rings (SSSR count). The molecule has 0 aromatic heterocycles. The molecule has 7 heteroatoms. The van der Waals surface area contributed by atoms with E-state index in [0.717, 1.165) is 12.8 Å². The van der Waals surface area contributed by atoms with Crippen LogP contribution in [0, 0.1) is 11.8 Å². The molecule has 0 radical (unpaired) electrons. The van der Waals surface area contributed by atoms with Gasteiger partial charge in [-0.1, -0.05) is 23.4 Å². The normalized spacial score (nSPS) is 15.5. The third kappa shape index (κ3) is 4.35. The Hall–Kier alpha value is -1.26. The van der Waals surface area contributed by atoms with Crippen molar-refractivity contribution in [2.45, 2.75) is 19.3 Å². The lowest BCUT2D eigenvalue weighted by atomic mass is 10.2. The Bertz CT molecular complexity index is 659. The van der Waals surface area contributed by atoms with Crippen LogP contribution in [-0.2, 0) is 10.2 Å². The molecule has 0 bridgehead atoms. The van der Waals surface area contributed by atoms with Gasteiger partial charge in [0.2, 0.25) is 0 Å². The van der Waals surface area contributed by atoms with Crippen molar-refractivity contribution in [1.82, 2.24) is 4.31 Å². The maximum Gasteiger partial charge on any atom is 0.301 e. The van der Waals surface area contributed by atoms with Crippen molar-refractivity contribution in [3.8, 4) is 11.8 Å². The first-order valence-corrected chi connectivity index (χ1v) is 8.52. The molecule has 0 amide bonds. The van der Waals surface area contributed by atoms with Crippen LogP contribution in [0.15, 0.2) is 18.2 Å². The third-order valence-corrected chi connectivity index (χ3v) is 4.84. The fourth-order valence-electron chi connectivity index (χ4n) is 2.05. The summed E-state index contributed by atoms with van der Waals surface area (Å²) in [6, 6.07) is 4.81. The lowest BCUT2D eigenvalue weighted by Gasteiger charge is -2.17. The first-order valence-electron chi connectivity index (χ1n) is 6.70. The van der Waals surface area contributed by atoms with Gasteiger partial charge < -0.3 is 5.11 Å². The van der Waals surface area contributed by atoms with Gasteiger partial charge in [0.25, 0.3) is 0 Å².